The van der Waals surface area contributed by atoms with Crippen LogP contribution >= 0.6 is 0 Å². The summed E-state index contributed by atoms with van der Waals surface area (Å²) in [5, 5.41) is 5.30. The fraction of sp³-hybridized carbons (Fsp3) is 0.650. The van der Waals surface area contributed by atoms with E-state index in [1.807, 2.05) is 6.07 Å². The Bertz CT molecular complexity index is 731. The van der Waals surface area contributed by atoms with E-state index in [2.05, 4.69) is 5.16 Å². The van der Waals surface area contributed by atoms with Crippen molar-refractivity contribution in [3.05, 3.63) is 29.7 Å². The van der Waals surface area contributed by atoms with Crippen LogP contribution in [0.5, 0.6) is 0 Å². The highest BCUT2D eigenvalue weighted by Gasteiger charge is 2.47. The zero-order valence-corrected chi connectivity index (χ0v) is 14.2. The van der Waals surface area contributed by atoms with Gasteiger partial charge in [-0.05, 0) is 25.0 Å². The largest absolute Gasteiger partial charge is 0.356 e. The van der Waals surface area contributed by atoms with Crippen molar-refractivity contribution in [2.24, 2.45) is 11.8 Å². The van der Waals surface area contributed by atoms with E-state index in [0.29, 0.717) is 11.5 Å². The second kappa shape index (κ2) is 5.55. The molecule has 2 aromatic rings. The highest BCUT2D eigenvalue weighted by atomic mass is 19.1. The first-order valence-electron chi connectivity index (χ1n) is 9.62. The van der Waals surface area contributed by atoms with Crippen molar-refractivity contribution in [1.29, 1.82) is 0 Å². The quantitative estimate of drug-likeness (QED) is 0.721. The smallest absolute Gasteiger partial charge is 0.170 e. The van der Waals surface area contributed by atoms with Crippen molar-refractivity contribution in [2.45, 2.75) is 44.4 Å². The molecule has 3 fully saturated rings. The zero-order valence-electron chi connectivity index (χ0n) is 14.2. The first-order valence-corrected chi connectivity index (χ1v) is 9.62. The maximum atomic E-state index is 13.3. The summed E-state index contributed by atoms with van der Waals surface area (Å²) in [5.41, 5.74) is 1.64. The van der Waals surface area contributed by atoms with Gasteiger partial charge in [-0.1, -0.05) is 18.0 Å². The molecule has 1 spiro atoms. The van der Waals surface area contributed by atoms with E-state index in [0.717, 1.165) is 22.9 Å². The number of rotatable bonds is 1. The lowest BCUT2D eigenvalue weighted by Crippen LogP contribution is -2.51. The van der Waals surface area contributed by atoms with Gasteiger partial charge in [0.05, 0.1) is 31.9 Å². The fourth-order valence-electron chi connectivity index (χ4n) is 5.81. The van der Waals surface area contributed by atoms with Gasteiger partial charge in [-0.2, -0.15) is 0 Å². The number of nitrogens with zero attached hydrogens (tertiary/aromatic N) is 2. The summed E-state index contributed by atoms with van der Waals surface area (Å²) in [4.78, 5) is 0. The fourth-order valence-corrected chi connectivity index (χ4v) is 5.81. The molecule has 2 atom stereocenters. The number of halogens is 1. The number of fused-ring (bicyclic) bond motifs is 2. The summed E-state index contributed by atoms with van der Waals surface area (Å²) < 4.78 is 20.1. The molecule has 3 aliphatic rings. The van der Waals surface area contributed by atoms with Gasteiger partial charge in [-0.25, -0.2) is 4.39 Å². The maximum absolute atomic E-state index is 13.3. The molecule has 0 amide bonds. The lowest BCUT2D eigenvalue weighted by Gasteiger charge is -2.40. The molecule has 1 aromatic carbocycles. The van der Waals surface area contributed by atoms with Crippen LogP contribution in [0.1, 0.15) is 50.1 Å². The average Bonchev–Trinajstić information content (AvgIpc) is 3.16. The first kappa shape index (κ1) is 14.9. The van der Waals surface area contributed by atoms with Crippen LogP contribution in [0.3, 0.4) is 0 Å². The number of aromatic nitrogens is 1. The average molecular weight is 329 g/mol. The van der Waals surface area contributed by atoms with Crippen LogP contribution in [0, 0.1) is 17.7 Å². The van der Waals surface area contributed by atoms with Gasteiger partial charge in [0.2, 0.25) is 0 Å². The van der Waals surface area contributed by atoms with E-state index in [1.165, 1.54) is 81.3 Å². The van der Waals surface area contributed by atoms with Gasteiger partial charge in [-0.3, -0.25) is 0 Å². The summed E-state index contributed by atoms with van der Waals surface area (Å²) in [6, 6.07) is 4.80. The summed E-state index contributed by atoms with van der Waals surface area (Å²) in [5.74, 6) is 2.21. The third kappa shape index (κ3) is 2.38. The molecule has 2 aliphatic heterocycles. The Morgan fingerprint density at radius 3 is 2.42 bits per heavy atom. The Balaban J connectivity index is 1.33. The van der Waals surface area contributed by atoms with Gasteiger partial charge in [0.25, 0.3) is 0 Å². The summed E-state index contributed by atoms with van der Waals surface area (Å²) >= 11 is 0. The number of hydrogen-bond donors (Lipinski definition) is 0. The molecule has 0 radical (unpaired) electrons. The normalized spacial score (nSPS) is 36.3. The van der Waals surface area contributed by atoms with Crippen LogP contribution in [-0.4, -0.2) is 35.8 Å². The third-order valence-corrected chi connectivity index (χ3v) is 7.06. The van der Waals surface area contributed by atoms with Crippen LogP contribution in [-0.2, 0) is 0 Å². The van der Waals surface area contributed by atoms with Crippen LogP contribution in [0.25, 0.3) is 11.0 Å². The van der Waals surface area contributed by atoms with Gasteiger partial charge in [0.15, 0.2) is 5.58 Å². The van der Waals surface area contributed by atoms with Crippen molar-refractivity contribution in [1.82, 2.24) is 5.16 Å². The van der Waals surface area contributed by atoms with E-state index in [4.69, 9.17) is 4.52 Å². The highest BCUT2D eigenvalue weighted by Crippen LogP contribution is 2.44. The van der Waals surface area contributed by atoms with E-state index in [1.54, 1.807) is 0 Å². The second-order valence-corrected chi connectivity index (χ2v) is 8.44. The molecule has 1 aromatic heterocycles. The molecule has 3 heterocycles. The Morgan fingerprint density at radius 1 is 1.00 bits per heavy atom. The molecule has 2 saturated heterocycles. The van der Waals surface area contributed by atoms with Crippen LogP contribution in [0.2, 0.25) is 0 Å². The number of benzene rings is 1. The minimum absolute atomic E-state index is 0.252. The van der Waals surface area contributed by atoms with Crippen molar-refractivity contribution < 1.29 is 13.4 Å². The van der Waals surface area contributed by atoms with Crippen molar-refractivity contribution in [2.75, 3.05) is 26.2 Å². The molecule has 0 unspecified atom stereocenters. The van der Waals surface area contributed by atoms with Gasteiger partial charge < -0.3 is 9.01 Å². The Morgan fingerprint density at radius 2 is 1.71 bits per heavy atom. The minimum Gasteiger partial charge on any atom is -0.356 e. The molecule has 3 nitrogen and oxygen atoms in total. The predicted molar refractivity (Wildman–Crippen MR) is 91.1 cm³/mol. The second-order valence-electron chi connectivity index (χ2n) is 8.44. The number of piperidine rings is 1. The van der Waals surface area contributed by atoms with E-state index in [-0.39, 0.29) is 5.82 Å². The lowest BCUT2D eigenvalue weighted by molar-refractivity contribution is -0.924. The van der Waals surface area contributed by atoms with Gasteiger partial charge in [0.1, 0.15) is 5.82 Å². The van der Waals surface area contributed by atoms with Gasteiger partial charge in [-0.15, -0.1) is 0 Å². The number of quaternary nitrogens is 1. The summed E-state index contributed by atoms with van der Waals surface area (Å²) in [7, 11) is 0. The molecule has 1 saturated carbocycles. The molecule has 4 heteroatoms. The molecule has 5 rings (SSSR count). The number of hydrogen-bond acceptors (Lipinski definition) is 2. The van der Waals surface area contributed by atoms with Crippen LogP contribution in [0.4, 0.5) is 4.39 Å². The van der Waals surface area contributed by atoms with Crippen LogP contribution in [0.15, 0.2) is 22.7 Å². The molecule has 0 N–H and O–H groups in total. The van der Waals surface area contributed by atoms with Crippen LogP contribution < -0.4 is 0 Å². The minimum atomic E-state index is -0.252. The summed E-state index contributed by atoms with van der Waals surface area (Å²) in [6.45, 7) is 5.41. The Labute approximate surface area is 142 Å². The van der Waals surface area contributed by atoms with Crippen molar-refractivity contribution in [3.63, 3.8) is 0 Å². The van der Waals surface area contributed by atoms with Crippen molar-refractivity contribution >= 4 is 11.0 Å². The summed E-state index contributed by atoms with van der Waals surface area (Å²) in [6.07, 6.45) is 8.22. The Hall–Kier alpha value is -1.42. The molecule has 24 heavy (non-hydrogen) atoms. The first-order chi connectivity index (χ1) is 11.7. The standard InChI is InChI=1S/C20H26FN2O/c21-17-5-6-18-19(11-17)24-22-20(18)14-7-9-23(10-8-14)12-15-3-1-2-4-16(15)13-23/h5-6,11,14-16H,1-4,7-10,12-13H2/q+1/t15-,16-/m0/s1. The van der Waals surface area contributed by atoms with E-state index < -0.39 is 0 Å². The molecule has 1 aliphatic carbocycles. The molecule has 0 bridgehead atoms. The van der Waals surface area contributed by atoms with Gasteiger partial charge >= 0.3 is 0 Å². The monoisotopic (exact) mass is 329 g/mol. The third-order valence-electron chi connectivity index (χ3n) is 7.06. The molecule has 128 valence electrons. The van der Waals surface area contributed by atoms with Crippen molar-refractivity contribution in [3.8, 4) is 0 Å². The van der Waals surface area contributed by atoms with E-state index >= 15 is 0 Å². The highest BCUT2D eigenvalue weighted by molar-refractivity contribution is 5.79. The Kier molecular flexibility index (Phi) is 3.44. The molecular weight excluding hydrogens is 303 g/mol. The SMILES string of the molecule is Fc1ccc2c(C3CC[N+]4(CC3)C[C@@H]3CCCC[C@H]3C4)noc2c1. The molecular formula is C20H26FN2O+. The predicted octanol–water partition coefficient (Wildman–Crippen LogP) is 4.48. The lowest BCUT2D eigenvalue weighted by atomic mass is 9.82. The van der Waals surface area contributed by atoms with E-state index in [9.17, 15) is 4.39 Å². The zero-order chi connectivity index (χ0) is 16.1. The van der Waals surface area contributed by atoms with Gasteiger partial charge in [0, 0.05) is 42.0 Å². The maximum Gasteiger partial charge on any atom is 0.170 e. The topological polar surface area (TPSA) is 26.0 Å².